The van der Waals surface area contributed by atoms with E-state index in [0.717, 1.165) is 51.1 Å². The Morgan fingerprint density at radius 1 is 0.968 bits per heavy atom. The monoisotopic (exact) mass is 444 g/mol. The Balaban J connectivity index is 1.44. The molecule has 2 aromatic carbocycles. The molecule has 31 heavy (non-hydrogen) atoms. The molecule has 0 unspecified atom stereocenters. The van der Waals surface area contributed by atoms with E-state index in [2.05, 4.69) is 26.9 Å². The van der Waals surface area contributed by atoms with E-state index in [1.54, 1.807) is 24.3 Å². The lowest BCUT2D eigenvalue weighted by Crippen LogP contribution is -2.44. The Labute approximate surface area is 185 Å². The third-order valence-corrected chi connectivity index (χ3v) is 6.98. The topological polar surface area (TPSA) is 81.7 Å². The first-order valence-electron chi connectivity index (χ1n) is 10.7. The number of nitrogens with one attached hydrogen (secondary N) is 2. The summed E-state index contributed by atoms with van der Waals surface area (Å²) in [7, 11) is -1.56. The highest BCUT2D eigenvalue weighted by molar-refractivity contribution is 7.92. The molecule has 0 aliphatic carbocycles. The van der Waals surface area contributed by atoms with Gasteiger partial charge >= 0.3 is 0 Å². The minimum absolute atomic E-state index is 0.125. The summed E-state index contributed by atoms with van der Waals surface area (Å²) >= 11 is 0. The fourth-order valence-corrected chi connectivity index (χ4v) is 4.64. The maximum Gasteiger partial charge on any atom is 0.261 e. The average molecular weight is 445 g/mol. The van der Waals surface area contributed by atoms with Crippen molar-refractivity contribution in [3.63, 3.8) is 0 Å². The van der Waals surface area contributed by atoms with Crippen LogP contribution < -0.4 is 10.0 Å². The van der Waals surface area contributed by atoms with Crippen LogP contribution in [0.5, 0.6) is 0 Å². The number of hydrogen-bond donors (Lipinski definition) is 2. The maximum atomic E-state index is 12.6. The molecule has 0 aromatic heterocycles. The second-order valence-corrected chi connectivity index (χ2v) is 9.74. The molecule has 2 aromatic rings. The number of amides is 1. The molecule has 1 aliphatic heterocycles. The molecular weight excluding hydrogens is 412 g/mol. The van der Waals surface area contributed by atoms with Gasteiger partial charge in [-0.05, 0) is 69.3 Å². The summed E-state index contributed by atoms with van der Waals surface area (Å²) in [5.41, 5.74) is 1.84. The van der Waals surface area contributed by atoms with Gasteiger partial charge in [0.15, 0.2) is 0 Å². The zero-order chi connectivity index (χ0) is 22.3. The zero-order valence-electron chi connectivity index (χ0n) is 18.3. The Hall–Kier alpha value is -2.42. The largest absolute Gasteiger partial charge is 0.352 e. The molecule has 1 amide bonds. The van der Waals surface area contributed by atoms with E-state index in [-0.39, 0.29) is 10.8 Å². The van der Waals surface area contributed by atoms with Gasteiger partial charge in [0.1, 0.15) is 0 Å². The molecule has 0 radical (unpaired) electrons. The highest BCUT2D eigenvalue weighted by Gasteiger charge is 2.16. The van der Waals surface area contributed by atoms with Crippen LogP contribution in [0.4, 0.5) is 5.69 Å². The van der Waals surface area contributed by atoms with Crippen molar-refractivity contribution in [2.45, 2.75) is 24.7 Å². The van der Waals surface area contributed by atoms with Crippen LogP contribution in [0.2, 0.25) is 0 Å². The van der Waals surface area contributed by atoms with Gasteiger partial charge in [-0.15, -0.1) is 0 Å². The van der Waals surface area contributed by atoms with Crippen molar-refractivity contribution in [1.29, 1.82) is 0 Å². The molecular formula is C23H32N4O3S. The van der Waals surface area contributed by atoms with Crippen LogP contribution >= 0.6 is 0 Å². The zero-order valence-corrected chi connectivity index (χ0v) is 19.1. The fraction of sp³-hybridized carbons (Fsp3) is 0.435. The van der Waals surface area contributed by atoms with Crippen LogP contribution in [0.3, 0.4) is 0 Å². The predicted molar refractivity (Wildman–Crippen MR) is 124 cm³/mol. The summed E-state index contributed by atoms with van der Waals surface area (Å²) in [6.07, 6.45) is 1.97. The minimum Gasteiger partial charge on any atom is -0.352 e. The molecule has 1 heterocycles. The third-order valence-electron chi connectivity index (χ3n) is 5.60. The highest BCUT2D eigenvalue weighted by Crippen LogP contribution is 2.19. The molecule has 0 spiro atoms. The van der Waals surface area contributed by atoms with Crippen molar-refractivity contribution < 1.29 is 13.2 Å². The van der Waals surface area contributed by atoms with E-state index < -0.39 is 10.0 Å². The molecule has 8 heteroatoms. The van der Waals surface area contributed by atoms with E-state index in [4.69, 9.17) is 0 Å². The molecule has 1 fully saturated rings. The molecule has 7 nitrogen and oxygen atoms in total. The van der Waals surface area contributed by atoms with E-state index in [1.807, 2.05) is 19.1 Å². The van der Waals surface area contributed by atoms with Gasteiger partial charge in [0, 0.05) is 38.3 Å². The van der Waals surface area contributed by atoms with Crippen LogP contribution in [0, 0.1) is 6.92 Å². The molecule has 3 rings (SSSR count). The molecule has 2 N–H and O–H groups in total. The number of carbonyl (C=O) groups excluding carboxylic acids is 1. The van der Waals surface area contributed by atoms with Crippen molar-refractivity contribution in [2.75, 3.05) is 51.0 Å². The number of likely N-dealkylation sites (N-methyl/N-ethyl adjacent to an activating group) is 1. The lowest BCUT2D eigenvalue weighted by molar-refractivity contribution is 0.0951. The van der Waals surface area contributed by atoms with E-state index in [9.17, 15) is 13.2 Å². The van der Waals surface area contributed by atoms with Crippen molar-refractivity contribution in [2.24, 2.45) is 0 Å². The van der Waals surface area contributed by atoms with Gasteiger partial charge in [0.2, 0.25) is 0 Å². The third kappa shape index (κ3) is 6.78. The maximum absolute atomic E-state index is 12.6. The number of para-hydroxylation sites is 1. The molecule has 1 saturated heterocycles. The first kappa shape index (κ1) is 23.2. The molecule has 0 saturated carbocycles. The second kappa shape index (κ2) is 10.7. The van der Waals surface area contributed by atoms with E-state index in [0.29, 0.717) is 17.8 Å². The smallest absolute Gasteiger partial charge is 0.261 e. The molecule has 0 atom stereocenters. The number of unbranched alkanes of at least 4 members (excludes halogenated alkanes) is 1. The number of aryl methyl sites for hydroxylation is 1. The summed E-state index contributed by atoms with van der Waals surface area (Å²) in [4.78, 5) is 17.3. The van der Waals surface area contributed by atoms with Crippen LogP contribution in [0.15, 0.2) is 53.4 Å². The Morgan fingerprint density at radius 3 is 2.32 bits per heavy atom. The Morgan fingerprint density at radius 2 is 1.65 bits per heavy atom. The van der Waals surface area contributed by atoms with Gasteiger partial charge in [-0.1, -0.05) is 18.2 Å². The standard InChI is InChI=1S/C23H32N4O3S/c1-19-7-3-4-8-22(19)25-31(29,30)21-11-9-20(10-12-21)23(28)24-13-5-6-14-27-17-15-26(2)16-18-27/h3-4,7-12,25H,5-6,13-18H2,1-2H3,(H,24,28). The molecule has 168 valence electrons. The Bertz CT molecular complexity index is 969. The van der Waals surface area contributed by atoms with Crippen molar-refractivity contribution in [3.05, 3.63) is 59.7 Å². The second-order valence-electron chi connectivity index (χ2n) is 8.05. The van der Waals surface area contributed by atoms with Gasteiger partial charge in [0.05, 0.1) is 10.6 Å². The van der Waals surface area contributed by atoms with Gasteiger partial charge in [-0.2, -0.15) is 0 Å². The van der Waals surface area contributed by atoms with Gasteiger partial charge in [-0.3, -0.25) is 9.52 Å². The summed E-state index contributed by atoms with van der Waals surface area (Å²) in [6, 6.07) is 13.2. The van der Waals surface area contributed by atoms with E-state index in [1.165, 1.54) is 12.1 Å². The number of benzene rings is 2. The van der Waals surface area contributed by atoms with E-state index >= 15 is 0 Å². The number of anilines is 1. The fourth-order valence-electron chi connectivity index (χ4n) is 3.51. The lowest BCUT2D eigenvalue weighted by Gasteiger charge is -2.32. The van der Waals surface area contributed by atoms with Gasteiger partial charge < -0.3 is 15.1 Å². The summed E-state index contributed by atoms with van der Waals surface area (Å²) < 4.78 is 27.8. The summed E-state index contributed by atoms with van der Waals surface area (Å²) in [6.45, 7) is 7.96. The quantitative estimate of drug-likeness (QED) is 0.581. The number of nitrogens with zero attached hydrogens (tertiary/aromatic N) is 2. The summed E-state index contributed by atoms with van der Waals surface area (Å²) in [5.74, 6) is -0.185. The van der Waals surface area contributed by atoms with Crippen LogP contribution in [-0.4, -0.2) is 70.4 Å². The van der Waals surface area contributed by atoms with Gasteiger partial charge in [-0.25, -0.2) is 8.42 Å². The normalized spacial score (nSPS) is 15.5. The first-order valence-corrected chi connectivity index (χ1v) is 12.2. The predicted octanol–water partition coefficient (Wildman–Crippen LogP) is 2.55. The van der Waals surface area contributed by atoms with Crippen molar-refractivity contribution >= 4 is 21.6 Å². The average Bonchev–Trinajstić information content (AvgIpc) is 2.76. The van der Waals surface area contributed by atoms with Gasteiger partial charge in [0.25, 0.3) is 15.9 Å². The molecule has 0 bridgehead atoms. The van der Waals surface area contributed by atoms with Crippen LogP contribution in [0.1, 0.15) is 28.8 Å². The SMILES string of the molecule is Cc1ccccc1NS(=O)(=O)c1ccc(C(=O)NCCCCN2CCN(C)CC2)cc1. The van der Waals surface area contributed by atoms with Crippen LogP contribution in [0.25, 0.3) is 0 Å². The molecule has 1 aliphatic rings. The Kier molecular flexibility index (Phi) is 8.06. The number of hydrogen-bond acceptors (Lipinski definition) is 5. The van der Waals surface area contributed by atoms with Crippen molar-refractivity contribution in [1.82, 2.24) is 15.1 Å². The number of rotatable bonds is 9. The minimum atomic E-state index is -3.71. The van der Waals surface area contributed by atoms with Crippen molar-refractivity contribution in [3.8, 4) is 0 Å². The summed E-state index contributed by atoms with van der Waals surface area (Å²) in [5, 5.41) is 2.92. The number of carbonyl (C=O) groups is 1. The number of piperazine rings is 1. The highest BCUT2D eigenvalue weighted by atomic mass is 32.2. The number of sulfonamides is 1. The first-order chi connectivity index (χ1) is 14.8. The lowest BCUT2D eigenvalue weighted by atomic mass is 10.2. The van der Waals surface area contributed by atoms with Crippen LogP contribution in [-0.2, 0) is 10.0 Å².